The summed E-state index contributed by atoms with van der Waals surface area (Å²) in [6, 6.07) is 6.25. The van der Waals surface area contributed by atoms with Crippen molar-refractivity contribution in [2.45, 2.75) is 40.0 Å². The molecular weight excluding hydrogens is 268 g/mol. The van der Waals surface area contributed by atoms with Gasteiger partial charge in [-0.1, -0.05) is 25.1 Å². The second-order valence-electron chi connectivity index (χ2n) is 5.59. The lowest BCUT2D eigenvalue weighted by Crippen LogP contribution is -2.07. The fourth-order valence-electron chi connectivity index (χ4n) is 2.20. The Kier molecular flexibility index (Phi) is 4.73. The molecule has 112 valence electrons. The second kappa shape index (κ2) is 6.52. The van der Waals surface area contributed by atoms with E-state index in [4.69, 9.17) is 9.52 Å². The molecule has 0 aliphatic heterocycles. The highest BCUT2D eigenvalue weighted by Crippen LogP contribution is 2.15. The van der Waals surface area contributed by atoms with Crippen LogP contribution in [0.4, 0.5) is 0 Å². The van der Waals surface area contributed by atoms with E-state index < -0.39 is 5.97 Å². The lowest BCUT2D eigenvalue weighted by atomic mass is 10.0. The van der Waals surface area contributed by atoms with Crippen LogP contribution >= 0.6 is 0 Å². The van der Waals surface area contributed by atoms with Crippen molar-refractivity contribution >= 4 is 5.97 Å². The number of hydrogen-bond acceptors (Lipinski definition) is 4. The molecule has 0 saturated heterocycles. The third-order valence-electron chi connectivity index (χ3n) is 3.48. The van der Waals surface area contributed by atoms with E-state index in [9.17, 15) is 4.79 Å². The fraction of sp³-hybridized carbons (Fsp3) is 0.438. The first-order valence-corrected chi connectivity index (χ1v) is 7.03. The molecule has 0 saturated carbocycles. The predicted octanol–water partition coefficient (Wildman–Crippen LogP) is 2.93. The zero-order chi connectivity index (χ0) is 15.4. The Labute approximate surface area is 124 Å². The van der Waals surface area contributed by atoms with Gasteiger partial charge in [-0.05, 0) is 36.5 Å². The average molecular weight is 288 g/mol. The van der Waals surface area contributed by atoms with Crippen molar-refractivity contribution in [2.24, 2.45) is 5.92 Å². The third kappa shape index (κ3) is 4.41. The van der Waals surface area contributed by atoms with Crippen LogP contribution in [0.15, 0.2) is 22.6 Å². The zero-order valence-electron chi connectivity index (χ0n) is 12.6. The molecule has 1 atom stereocenters. The summed E-state index contributed by atoms with van der Waals surface area (Å²) in [7, 11) is 0. The third-order valence-corrected chi connectivity index (χ3v) is 3.48. The van der Waals surface area contributed by atoms with Crippen LogP contribution in [0.3, 0.4) is 0 Å². The Hall–Kier alpha value is -2.17. The summed E-state index contributed by atoms with van der Waals surface area (Å²) < 4.78 is 5.59. The normalized spacial score (nSPS) is 12.3. The maximum atomic E-state index is 10.6. The van der Waals surface area contributed by atoms with Crippen molar-refractivity contribution in [3.63, 3.8) is 0 Å². The molecule has 0 radical (unpaired) electrons. The topological polar surface area (TPSA) is 76.2 Å². The van der Waals surface area contributed by atoms with Gasteiger partial charge in [0.1, 0.15) is 0 Å². The smallest absolute Gasteiger partial charge is 0.303 e. The Morgan fingerprint density at radius 1 is 1.24 bits per heavy atom. The molecule has 5 heteroatoms. The molecule has 1 N–H and O–H groups in total. The van der Waals surface area contributed by atoms with Crippen LogP contribution in [-0.4, -0.2) is 21.3 Å². The highest BCUT2D eigenvalue weighted by molar-refractivity contribution is 5.66. The van der Waals surface area contributed by atoms with Crippen LogP contribution in [0, 0.1) is 19.8 Å². The Balaban J connectivity index is 1.99. The lowest BCUT2D eigenvalue weighted by molar-refractivity contribution is -0.137. The van der Waals surface area contributed by atoms with E-state index in [-0.39, 0.29) is 12.3 Å². The van der Waals surface area contributed by atoms with E-state index >= 15 is 0 Å². The first-order chi connectivity index (χ1) is 9.94. The molecule has 5 nitrogen and oxygen atoms in total. The van der Waals surface area contributed by atoms with E-state index in [1.807, 2.05) is 6.92 Å². The summed E-state index contributed by atoms with van der Waals surface area (Å²) in [6.07, 6.45) is 1.20. The number of rotatable bonds is 6. The summed E-state index contributed by atoms with van der Waals surface area (Å²) in [4.78, 5) is 10.6. The summed E-state index contributed by atoms with van der Waals surface area (Å²) in [6.45, 7) is 6.01. The average Bonchev–Trinajstić information content (AvgIpc) is 2.80. The maximum Gasteiger partial charge on any atom is 0.303 e. The van der Waals surface area contributed by atoms with Gasteiger partial charge in [0.05, 0.1) is 6.42 Å². The maximum absolute atomic E-state index is 10.6. The van der Waals surface area contributed by atoms with E-state index in [2.05, 4.69) is 42.2 Å². The molecule has 0 amide bonds. The molecule has 1 unspecified atom stereocenters. The van der Waals surface area contributed by atoms with Gasteiger partial charge in [-0.2, -0.15) is 0 Å². The van der Waals surface area contributed by atoms with Gasteiger partial charge in [-0.3, -0.25) is 4.79 Å². The van der Waals surface area contributed by atoms with Crippen molar-refractivity contribution in [3.05, 3.63) is 46.7 Å². The molecule has 21 heavy (non-hydrogen) atoms. The van der Waals surface area contributed by atoms with Gasteiger partial charge >= 0.3 is 5.97 Å². The Morgan fingerprint density at radius 2 is 1.95 bits per heavy atom. The van der Waals surface area contributed by atoms with Crippen molar-refractivity contribution in [1.82, 2.24) is 10.2 Å². The van der Waals surface area contributed by atoms with Crippen molar-refractivity contribution < 1.29 is 14.3 Å². The number of nitrogens with zero attached hydrogens (tertiary/aromatic N) is 2. The van der Waals surface area contributed by atoms with Crippen LogP contribution in [0.1, 0.15) is 41.8 Å². The first kappa shape index (κ1) is 15.2. The van der Waals surface area contributed by atoms with Crippen LogP contribution in [0.25, 0.3) is 0 Å². The predicted molar refractivity (Wildman–Crippen MR) is 78.1 cm³/mol. The molecule has 1 heterocycles. The second-order valence-corrected chi connectivity index (χ2v) is 5.59. The van der Waals surface area contributed by atoms with E-state index in [1.54, 1.807) is 0 Å². The number of hydrogen-bond donors (Lipinski definition) is 1. The van der Waals surface area contributed by atoms with E-state index in [1.165, 1.54) is 11.1 Å². The summed E-state index contributed by atoms with van der Waals surface area (Å²) in [5, 5.41) is 16.8. The van der Waals surface area contributed by atoms with Gasteiger partial charge in [0.2, 0.25) is 11.8 Å². The van der Waals surface area contributed by atoms with Crippen LogP contribution in [-0.2, 0) is 17.6 Å². The molecule has 0 bridgehead atoms. The molecule has 1 aromatic heterocycles. The number of carbonyl (C=O) groups is 1. The van der Waals surface area contributed by atoms with Crippen LogP contribution < -0.4 is 0 Å². The standard InChI is InChI=1S/C16H20N2O3/c1-10(7-16(19)20)6-14-17-18-15(21-14)9-13-5-4-11(2)12(3)8-13/h4-5,8,10H,6-7,9H2,1-3H3,(H,19,20). The summed E-state index contributed by atoms with van der Waals surface area (Å²) >= 11 is 0. The Morgan fingerprint density at radius 3 is 2.62 bits per heavy atom. The number of benzene rings is 1. The first-order valence-electron chi connectivity index (χ1n) is 7.03. The highest BCUT2D eigenvalue weighted by atomic mass is 16.4. The summed E-state index contributed by atoms with van der Waals surface area (Å²) in [5.41, 5.74) is 3.63. The largest absolute Gasteiger partial charge is 0.481 e. The fourth-order valence-corrected chi connectivity index (χ4v) is 2.20. The zero-order valence-corrected chi connectivity index (χ0v) is 12.6. The molecule has 0 fully saturated rings. The molecule has 2 rings (SSSR count). The van der Waals surface area contributed by atoms with E-state index in [0.717, 1.165) is 5.56 Å². The van der Waals surface area contributed by atoms with Crippen molar-refractivity contribution in [2.75, 3.05) is 0 Å². The van der Waals surface area contributed by atoms with Crippen molar-refractivity contribution in [1.29, 1.82) is 0 Å². The number of aliphatic carboxylic acids is 1. The molecule has 0 aliphatic carbocycles. The molecular formula is C16H20N2O3. The molecule has 2 aromatic rings. The number of carboxylic acid groups (broad SMARTS) is 1. The van der Waals surface area contributed by atoms with Gasteiger partial charge in [-0.25, -0.2) is 0 Å². The minimum Gasteiger partial charge on any atom is -0.481 e. The van der Waals surface area contributed by atoms with Gasteiger partial charge in [0.25, 0.3) is 0 Å². The van der Waals surface area contributed by atoms with Crippen LogP contribution in [0.2, 0.25) is 0 Å². The van der Waals surface area contributed by atoms with Gasteiger partial charge < -0.3 is 9.52 Å². The SMILES string of the molecule is Cc1ccc(Cc2nnc(CC(C)CC(=O)O)o2)cc1C. The minimum atomic E-state index is -0.808. The molecule has 0 spiro atoms. The lowest BCUT2D eigenvalue weighted by Gasteiger charge is -2.04. The Bertz CT molecular complexity index is 634. The number of carboxylic acids is 1. The molecule has 1 aromatic carbocycles. The number of aryl methyl sites for hydroxylation is 2. The monoisotopic (exact) mass is 288 g/mol. The highest BCUT2D eigenvalue weighted by Gasteiger charge is 2.13. The van der Waals surface area contributed by atoms with Crippen LogP contribution in [0.5, 0.6) is 0 Å². The van der Waals surface area contributed by atoms with Gasteiger partial charge in [0.15, 0.2) is 0 Å². The minimum absolute atomic E-state index is 0.0163. The van der Waals surface area contributed by atoms with E-state index in [0.29, 0.717) is 24.6 Å². The summed E-state index contributed by atoms with van der Waals surface area (Å²) in [5.74, 6) is 0.244. The molecule has 0 aliphatic rings. The van der Waals surface area contributed by atoms with Gasteiger partial charge in [-0.15, -0.1) is 10.2 Å². The number of aromatic nitrogens is 2. The quantitative estimate of drug-likeness (QED) is 0.884. The van der Waals surface area contributed by atoms with Gasteiger partial charge in [0, 0.05) is 12.8 Å². The van der Waals surface area contributed by atoms with Crippen molar-refractivity contribution in [3.8, 4) is 0 Å².